The first-order chi connectivity index (χ1) is 10.6. The number of aromatic nitrogens is 4. The predicted molar refractivity (Wildman–Crippen MR) is 83.4 cm³/mol. The van der Waals surface area contributed by atoms with Crippen molar-refractivity contribution in [3.8, 4) is 22.9 Å². The zero-order chi connectivity index (χ0) is 15.5. The topological polar surface area (TPSA) is 99.3 Å². The molecule has 2 heterocycles. The minimum atomic E-state index is -0.216. The first-order valence-corrected chi connectivity index (χ1v) is 6.70. The highest BCUT2D eigenvalue weighted by molar-refractivity contribution is 7.71. The Kier molecular flexibility index (Phi) is 3.67. The summed E-state index contributed by atoms with van der Waals surface area (Å²) in [5, 5.41) is 29.8. The number of pyridine rings is 1. The van der Waals surface area contributed by atoms with E-state index in [9.17, 15) is 10.2 Å². The van der Waals surface area contributed by atoms with Crippen molar-refractivity contribution in [3.05, 3.63) is 53.1 Å². The van der Waals surface area contributed by atoms with Gasteiger partial charge in [0.15, 0.2) is 17.3 Å². The molecule has 1 aromatic carbocycles. The van der Waals surface area contributed by atoms with E-state index in [1.807, 2.05) is 6.07 Å². The van der Waals surface area contributed by atoms with Crippen LogP contribution in [0, 0.1) is 4.77 Å². The molecule has 0 aliphatic carbocycles. The highest BCUT2D eigenvalue weighted by Gasteiger charge is 2.07. The fourth-order valence-corrected chi connectivity index (χ4v) is 2.01. The lowest BCUT2D eigenvalue weighted by atomic mass is 10.2. The molecule has 3 rings (SSSR count). The molecule has 8 heteroatoms. The Hall–Kier alpha value is -3.00. The van der Waals surface area contributed by atoms with Gasteiger partial charge in [-0.2, -0.15) is 14.9 Å². The molecule has 0 saturated carbocycles. The molecule has 0 aliphatic heterocycles. The summed E-state index contributed by atoms with van der Waals surface area (Å²) in [7, 11) is 0. The van der Waals surface area contributed by atoms with Gasteiger partial charge in [-0.1, -0.05) is 0 Å². The molecule has 0 aliphatic rings. The van der Waals surface area contributed by atoms with E-state index in [1.165, 1.54) is 23.0 Å². The summed E-state index contributed by atoms with van der Waals surface area (Å²) >= 11 is 5.16. The van der Waals surface area contributed by atoms with Crippen molar-refractivity contribution in [1.29, 1.82) is 0 Å². The fraction of sp³-hybridized carbons (Fsp3) is 0. The molecule has 0 unspecified atom stereocenters. The monoisotopic (exact) mass is 313 g/mol. The molecule has 0 spiro atoms. The predicted octanol–water partition coefficient (Wildman–Crippen LogP) is 2.30. The smallest absolute Gasteiger partial charge is 0.216 e. The molecular weight excluding hydrogens is 302 g/mol. The molecule has 2 aromatic heterocycles. The Balaban J connectivity index is 1.99. The van der Waals surface area contributed by atoms with Gasteiger partial charge in [0.05, 0.1) is 6.21 Å². The molecule has 22 heavy (non-hydrogen) atoms. The second-order valence-corrected chi connectivity index (χ2v) is 4.79. The first kappa shape index (κ1) is 14.0. The summed E-state index contributed by atoms with van der Waals surface area (Å²) in [6.45, 7) is 0. The number of hydrogen-bond donors (Lipinski definition) is 3. The van der Waals surface area contributed by atoms with Crippen molar-refractivity contribution in [2.45, 2.75) is 0 Å². The van der Waals surface area contributed by atoms with Gasteiger partial charge < -0.3 is 10.2 Å². The van der Waals surface area contributed by atoms with Crippen LogP contribution in [-0.2, 0) is 0 Å². The third-order valence-electron chi connectivity index (χ3n) is 2.89. The number of benzene rings is 1. The lowest BCUT2D eigenvalue weighted by Crippen LogP contribution is -1.95. The van der Waals surface area contributed by atoms with Gasteiger partial charge in [0, 0.05) is 18.0 Å². The molecule has 0 amide bonds. The Labute approximate surface area is 130 Å². The van der Waals surface area contributed by atoms with E-state index < -0.39 is 0 Å². The van der Waals surface area contributed by atoms with Crippen molar-refractivity contribution >= 4 is 18.4 Å². The van der Waals surface area contributed by atoms with Gasteiger partial charge in [0.2, 0.25) is 4.77 Å². The van der Waals surface area contributed by atoms with Crippen LogP contribution in [0.2, 0.25) is 0 Å². The molecule has 7 nitrogen and oxygen atoms in total. The summed E-state index contributed by atoms with van der Waals surface area (Å²) in [6, 6.07) is 8.03. The van der Waals surface area contributed by atoms with Gasteiger partial charge >= 0.3 is 0 Å². The number of aromatic amines is 1. The van der Waals surface area contributed by atoms with Crippen LogP contribution in [0.15, 0.2) is 47.8 Å². The maximum absolute atomic E-state index is 9.48. The van der Waals surface area contributed by atoms with Crippen molar-refractivity contribution in [2.24, 2.45) is 5.10 Å². The molecule has 0 saturated heterocycles. The Morgan fingerprint density at radius 1 is 1.23 bits per heavy atom. The van der Waals surface area contributed by atoms with Crippen LogP contribution >= 0.6 is 12.2 Å². The third-order valence-corrected chi connectivity index (χ3v) is 3.16. The van der Waals surface area contributed by atoms with Crippen molar-refractivity contribution < 1.29 is 10.2 Å². The van der Waals surface area contributed by atoms with Gasteiger partial charge in [0.1, 0.15) is 0 Å². The Morgan fingerprint density at radius 2 is 2.09 bits per heavy atom. The van der Waals surface area contributed by atoms with Crippen molar-refractivity contribution in [2.75, 3.05) is 0 Å². The molecule has 3 aromatic rings. The van der Waals surface area contributed by atoms with Crippen LogP contribution in [0.5, 0.6) is 11.5 Å². The van der Waals surface area contributed by atoms with Gasteiger partial charge in [-0.15, -0.1) is 0 Å². The third kappa shape index (κ3) is 2.72. The van der Waals surface area contributed by atoms with Gasteiger partial charge in [-0.25, -0.2) is 5.10 Å². The second-order valence-electron chi connectivity index (χ2n) is 4.40. The van der Waals surface area contributed by atoms with Crippen LogP contribution in [0.25, 0.3) is 11.4 Å². The normalized spacial score (nSPS) is 11.1. The largest absolute Gasteiger partial charge is 0.504 e. The summed E-state index contributed by atoms with van der Waals surface area (Å²) in [5.41, 5.74) is 1.37. The van der Waals surface area contributed by atoms with Crippen LogP contribution < -0.4 is 0 Å². The number of phenolic OH excluding ortho intramolecular Hbond substituents is 2. The maximum atomic E-state index is 9.48. The summed E-state index contributed by atoms with van der Waals surface area (Å²) in [5.74, 6) is 0.123. The van der Waals surface area contributed by atoms with E-state index in [0.29, 0.717) is 16.2 Å². The number of nitrogens with zero attached hydrogens (tertiary/aromatic N) is 4. The minimum absolute atomic E-state index is 0.187. The van der Waals surface area contributed by atoms with E-state index in [0.717, 1.165) is 5.56 Å². The average molecular weight is 313 g/mol. The zero-order valence-electron chi connectivity index (χ0n) is 11.2. The van der Waals surface area contributed by atoms with Gasteiger partial charge in [-0.05, 0) is 48.1 Å². The Bertz CT molecular complexity index is 886. The summed E-state index contributed by atoms with van der Waals surface area (Å²) in [4.78, 5) is 4.04. The highest BCUT2D eigenvalue weighted by Crippen LogP contribution is 2.24. The first-order valence-electron chi connectivity index (χ1n) is 6.29. The standard InChI is InChI=1S/C14H11N5O2S/c20-11-4-3-9(6-12(11)21)7-16-19-13(17-18-14(19)22)10-2-1-5-15-8-10/h1-8,20-21H,(H,18,22)/b16-7-. The van der Waals surface area contributed by atoms with Crippen molar-refractivity contribution in [1.82, 2.24) is 19.9 Å². The van der Waals surface area contributed by atoms with E-state index >= 15 is 0 Å². The van der Waals surface area contributed by atoms with E-state index in [4.69, 9.17) is 12.2 Å². The number of nitrogens with one attached hydrogen (secondary N) is 1. The van der Waals surface area contributed by atoms with Crippen LogP contribution in [0.4, 0.5) is 0 Å². The lowest BCUT2D eigenvalue weighted by Gasteiger charge is -2.01. The van der Waals surface area contributed by atoms with Crippen LogP contribution in [-0.4, -0.2) is 36.3 Å². The Morgan fingerprint density at radius 3 is 2.82 bits per heavy atom. The SMILES string of the molecule is Oc1ccc(/C=N\n2c(-c3cccnc3)n[nH]c2=S)cc1O. The highest BCUT2D eigenvalue weighted by atomic mass is 32.1. The molecule has 0 fully saturated rings. The zero-order valence-corrected chi connectivity index (χ0v) is 12.0. The maximum Gasteiger partial charge on any atom is 0.216 e. The quantitative estimate of drug-likeness (QED) is 0.391. The molecular formula is C14H11N5O2S. The lowest BCUT2D eigenvalue weighted by molar-refractivity contribution is 0.403. The van der Waals surface area contributed by atoms with E-state index in [-0.39, 0.29) is 11.5 Å². The fourth-order valence-electron chi connectivity index (χ4n) is 1.83. The number of H-pyrrole nitrogens is 1. The molecule has 110 valence electrons. The molecule has 3 N–H and O–H groups in total. The number of aromatic hydroxyl groups is 2. The van der Waals surface area contributed by atoms with Gasteiger partial charge in [-0.3, -0.25) is 4.98 Å². The average Bonchev–Trinajstić information content (AvgIpc) is 2.90. The van der Waals surface area contributed by atoms with Crippen LogP contribution in [0.1, 0.15) is 5.56 Å². The van der Waals surface area contributed by atoms with Crippen LogP contribution in [0.3, 0.4) is 0 Å². The summed E-state index contributed by atoms with van der Waals surface area (Å²) in [6.07, 6.45) is 4.82. The van der Waals surface area contributed by atoms with E-state index in [1.54, 1.807) is 24.5 Å². The molecule has 0 radical (unpaired) electrons. The molecule has 0 bridgehead atoms. The van der Waals surface area contributed by atoms with Crippen molar-refractivity contribution in [3.63, 3.8) is 0 Å². The number of hydrogen-bond acceptors (Lipinski definition) is 6. The van der Waals surface area contributed by atoms with E-state index in [2.05, 4.69) is 20.3 Å². The molecule has 0 atom stereocenters. The second kappa shape index (κ2) is 5.78. The number of rotatable bonds is 3. The van der Waals surface area contributed by atoms with Gasteiger partial charge in [0.25, 0.3) is 0 Å². The summed E-state index contributed by atoms with van der Waals surface area (Å²) < 4.78 is 1.79. The minimum Gasteiger partial charge on any atom is -0.504 e. The number of phenols is 2.